The second-order valence-electron chi connectivity index (χ2n) is 3.79. The molecule has 0 N–H and O–H groups in total. The number of carbonyl (C=O) groups is 2. The van der Waals surface area contributed by atoms with E-state index in [1.807, 2.05) is 7.05 Å². The first-order chi connectivity index (χ1) is 6.63. The standard InChI is InChI=1S/C10H17NO3/c1-11-6-5-8(3-4-9(11)12)7-10(13)14-2/h8H,3-7H2,1-2H3/t8-/m1/s1. The van der Waals surface area contributed by atoms with Gasteiger partial charge < -0.3 is 9.64 Å². The Labute approximate surface area is 84.2 Å². The lowest BCUT2D eigenvalue weighted by Crippen LogP contribution is -2.25. The zero-order valence-corrected chi connectivity index (χ0v) is 8.78. The van der Waals surface area contributed by atoms with Gasteiger partial charge in [-0.2, -0.15) is 0 Å². The Morgan fingerprint density at radius 1 is 1.57 bits per heavy atom. The molecule has 0 aliphatic carbocycles. The molecule has 1 rings (SSSR count). The summed E-state index contributed by atoms with van der Waals surface area (Å²) in [5.74, 6) is 0.306. The van der Waals surface area contributed by atoms with Crippen LogP contribution in [0.15, 0.2) is 0 Å². The number of amides is 1. The molecule has 0 unspecified atom stereocenters. The minimum atomic E-state index is -0.174. The Balaban J connectivity index is 2.41. The second-order valence-corrected chi connectivity index (χ2v) is 3.79. The first kappa shape index (κ1) is 11.0. The van der Waals surface area contributed by atoms with Crippen molar-refractivity contribution < 1.29 is 14.3 Å². The average Bonchev–Trinajstić information content (AvgIpc) is 2.33. The minimum absolute atomic E-state index is 0.174. The fourth-order valence-electron chi connectivity index (χ4n) is 1.69. The Morgan fingerprint density at radius 2 is 2.29 bits per heavy atom. The lowest BCUT2D eigenvalue weighted by atomic mass is 9.97. The number of carbonyl (C=O) groups excluding carboxylic acids is 2. The van der Waals surface area contributed by atoms with E-state index in [2.05, 4.69) is 4.74 Å². The number of hydrogen-bond acceptors (Lipinski definition) is 3. The van der Waals surface area contributed by atoms with Crippen molar-refractivity contribution in [2.24, 2.45) is 5.92 Å². The Morgan fingerprint density at radius 3 is 2.93 bits per heavy atom. The number of methoxy groups -OCH3 is 1. The summed E-state index contributed by atoms with van der Waals surface area (Å²) in [6.45, 7) is 0.750. The SMILES string of the molecule is COC(=O)C[C@@H]1CCC(=O)N(C)CC1. The van der Waals surface area contributed by atoms with Gasteiger partial charge in [-0.1, -0.05) is 0 Å². The van der Waals surface area contributed by atoms with E-state index in [1.54, 1.807) is 4.90 Å². The van der Waals surface area contributed by atoms with Crippen LogP contribution < -0.4 is 0 Å². The van der Waals surface area contributed by atoms with E-state index >= 15 is 0 Å². The summed E-state index contributed by atoms with van der Waals surface area (Å²) >= 11 is 0. The number of hydrogen-bond donors (Lipinski definition) is 0. The third kappa shape index (κ3) is 3.01. The molecule has 0 aromatic rings. The molecule has 1 atom stereocenters. The highest BCUT2D eigenvalue weighted by molar-refractivity contribution is 5.76. The molecule has 80 valence electrons. The number of nitrogens with zero attached hydrogens (tertiary/aromatic N) is 1. The fourth-order valence-corrected chi connectivity index (χ4v) is 1.69. The maximum atomic E-state index is 11.3. The molecule has 0 radical (unpaired) electrons. The van der Waals surface area contributed by atoms with Gasteiger partial charge in [-0.25, -0.2) is 0 Å². The van der Waals surface area contributed by atoms with Gasteiger partial charge in [0.25, 0.3) is 0 Å². The highest BCUT2D eigenvalue weighted by Crippen LogP contribution is 2.20. The van der Waals surface area contributed by atoms with Crippen molar-refractivity contribution in [1.29, 1.82) is 0 Å². The molecule has 4 nitrogen and oxygen atoms in total. The lowest BCUT2D eigenvalue weighted by Gasteiger charge is -2.14. The van der Waals surface area contributed by atoms with Gasteiger partial charge >= 0.3 is 5.97 Å². The average molecular weight is 199 g/mol. The Hall–Kier alpha value is -1.06. The summed E-state index contributed by atoms with van der Waals surface area (Å²) in [6.07, 6.45) is 2.70. The molecule has 0 bridgehead atoms. The summed E-state index contributed by atoms with van der Waals surface area (Å²) in [5.41, 5.74) is 0. The number of ether oxygens (including phenoxy) is 1. The Kier molecular flexibility index (Phi) is 3.92. The van der Waals surface area contributed by atoms with E-state index in [4.69, 9.17) is 0 Å². The molecule has 0 aromatic carbocycles. The second kappa shape index (κ2) is 4.98. The predicted octanol–water partition coefficient (Wildman–Crippen LogP) is 0.808. The van der Waals surface area contributed by atoms with Crippen molar-refractivity contribution in [2.45, 2.75) is 25.7 Å². The maximum Gasteiger partial charge on any atom is 0.305 e. The molecule has 0 aromatic heterocycles. The highest BCUT2D eigenvalue weighted by atomic mass is 16.5. The summed E-state index contributed by atoms with van der Waals surface area (Å²) in [7, 11) is 3.21. The van der Waals surface area contributed by atoms with E-state index in [1.165, 1.54) is 7.11 Å². The number of likely N-dealkylation sites (tertiary alicyclic amines) is 1. The van der Waals surface area contributed by atoms with Crippen LogP contribution in [-0.2, 0) is 14.3 Å². The fraction of sp³-hybridized carbons (Fsp3) is 0.800. The lowest BCUT2D eigenvalue weighted by molar-refractivity contribution is -0.141. The van der Waals surface area contributed by atoms with Gasteiger partial charge in [0.2, 0.25) is 5.91 Å². The number of rotatable bonds is 2. The van der Waals surface area contributed by atoms with E-state index in [0.29, 0.717) is 18.8 Å². The van der Waals surface area contributed by atoms with Crippen molar-refractivity contribution in [1.82, 2.24) is 4.90 Å². The Bertz CT molecular complexity index is 227. The van der Waals surface area contributed by atoms with Gasteiger partial charge in [0.1, 0.15) is 0 Å². The van der Waals surface area contributed by atoms with E-state index < -0.39 is 0 Å². The summed E-state index contributed by atoms with van der Waals surface area (Å²) < 4.78 is 4.61. The van der Waals surface area contributed by atoms with Crippen LogP contribution in [0.25, 0.3) is 0 Å². The van der Waals surface area contributed by atoms with Gasteiger partial charge in [0, 0.05) is 26.4 Å². The smallest absolute Gasteiger partial charge is 0.305 e. The summed E-state index contributed by atoms with van der Waals surface area (Å²) in [5, 5.41) is 0. The van der Waals surface area contributed by atoms with Crippen LogP contribution in [0.5, 0.6) is 0 Å². The molecule has 1 heterocycles. The van der Waals surface area contributed by atoms with Crippen molar-refractivity contribution in [3.63, 3.8) is 0 Å². The van der Waals surface area contributed by atoms with Crippen LogP contribution in [0.4, 0.5) is 0 Å². The molecule has 1 amide bonds. The summed E-state index contributed by atoms with van der Waals surface area (Å²) in [6, 6.07) is 0. The van der Waals surface area contributed by atoms with E-state index in [0.717, 1.165) is 19.4 Å². The van der Waals surface area contributed by atoms with E-state index in [9.17, 15) is 9.59 Å². The number of esters is 1. The molecule has 0 spiro atoms. The van der Waals surface area contributed by atoms with Crippen molar-refractivity contribution in [3.8, 4) is 0 Å². The molecule has 0 saturated carbocycles. The van der Waals surface area contributed by atoms with Crippen LogP contribution in [0.1, 0.15) is 25.7 Å². The quantitative estimate of drug-likeness (QED) is 0.618. The van der Waals surface area contributed by atoms with Crippen molar-refractivity contribution >= 4 is 11.9 Å². The first-order valence-corrected chi connectivity index (χ1v) is 4.94. The maximum absolute atomic E-state index is 11.3. The van der Waals surface area contributed by atoms with Gasteiger partial charge in [-0.3, -0.25) is 9.59 Å². The van der Waals surface area contributed by atoms with Gasteiger partial charge in [0.15, 0.2) is 0 Å². The molecule has 1 aliphatic rings. The van der Waals surface area contributed by atoms with Crippen LogP contribution in [0.2, 0.25) is 0 Å². The zero-order chi connectivity index (χ0) is 10.6. The first-order valence-electron chi connectivity index (χ1n) is 4.94. The molecule has 1 aliphatic heterocycles. The zero-order valence-electron chi connectivity index (χ0n) is 8.78. The van der Waals surface area contributed by atoms with Crippen LogP contribution >= 0.6 is 0 Å². The predicted molar refractivity (Wildman–Crippen MR) is 51.6 cm³/mol. The topological polar surface area (TPSA) is 46.6 Å². The third-order valence-electron chi connectivity index (χ3n) is 2.75. The highest BCUT2D eigenvalue weighted by Gasteiger charge is 2.21. The minimum Gasteiger partial charge on any atom is -0.469 e. The van der Waals surface area contributed by atoms with Crippen LogP contribution in [0, 0.1) is 5.92 Å². The summed E-state index contributed by atoms with van der Waals surface area (Å²) in [4.78, 5) is 24.1. The molecule has 1 fully saturated rings. The van der Waals surface area contributed by atoms with Gasteiger partial charge in [-0.15, -0.1) is 0 Å². The van der Waals surface area contributed by atoms with Crippen LogP contribution in [-0.4, -0.2) is 37.5 Å². The monoisotopic (exact) mass is 199 g/mol. The normalized spacial score (nSPS) is 23.1. The largest absolute Gasteiger partial charge is 0.469 e. The molecule has 1 saturated heterocycles. The molecule has 4 heteroatoms. The van der Waals surface area contributed by atoms with Crippen molar-refractivity contribution in [2.75, 3.05) is 20.7 Å². The van der Waals surface area contributed by atoms with E-state index in [-0.39, 0.29) is 11.9 Å². The molecule has 14 heavy (non-hydrogen) atoms. The van der Waals surface area contributed by atoms with Crippen molar-refractivity contribution in [3.05, 3.63) is 0 Å². The van der Waals surface area contributed by atoms with Crippen LogP contribution in [0.3, 0.4) is 0 Å². The molecular weight excluding hydrogens is 182 g/mol. The van der Waals surface area contributed by atoms with Gasteiger partial charge in [-0.05, 0) is 18.8 Å². The van der Waals surface area contributed by atoms with Gasteiger partial charge in [0.05, 0.1) is 7.11 Å². The molecular formula is C10H17NO3. The third-order valence-corrected chi connectivity index (χ3v) is 2.75.